The number of pyridine rings is 1. The first-order valence-corrected chi connectivity index (χ1v) is 11.7. The van der Waals surface area contributed by atoms with Crippen LogP contribution in [0.1, 0.15) is 38.1 Å². The highest BCUT2D eigenvalue weighted by Crippen LogP contribution is 2.19. The van der Waals surface area contributed by atoms with Gasteiger partial charge in [-0.1, -0.05) is 43.8 Å². The quantitative estimate of drug-likeness (QED) is 0.416. The van der Waals surface area contributed by atoms with E-state index in [1.54, 1.807) is 24.4 Å². The van der Waals surface area contributed by atoms with Crippen LogP contribution in [0.25, 0.3) is 0 Å². The lowest BCUT2D eigenvalue weighted by Crippen LogP contribution is -2.29. The van der Waals surface area contributed by atoms with Gasteiger partial charge in [0.25, 0.3) is 5.91 Å². The number of benzene rings is 1. The van der Waals surface area contributed by atoms with Gasteiger partial charge in [-0.05, 0) is 42.7 Å². The van der Waals surface area contributed by atoms with E-state index in [1.807, 2.05) is 35.8 Å². The third kappa shape index (κ3) is 7.31. The average Bonchev–Trinajstić information content (AvgIpc) is 3.22. The van der Waals surface area contributed by atoms with Crippen LogP contribution in [0.4, 0.5) is 5.82 Å². The van der Waals surface area contributed by atoms with Crippen LogP contribution in [0.15, 0.2) is 53.8 Å². The summed E-state index contributed by atoms with van der Waals surface area (Å²) in [6.07, 6.45) is 1.62. The summed E-state index contributed by atoms with van der Waals surface area (Å²) in [7, 11) is 0. The Morgan fingerprint density at radius 1 is 1.09 bits per heavy atom. The number of nitrogens with one attached hydrogen (secondary N) is 2. The highest BCUT2D eigenvalue weighted by atomic mass is 32.2. The van der Waals surface area contributed by atoms with E-state index in [1.165, 1.54) is 17.3 Å². The molecule has 0 unspecified atom stereocenters. The number of nitrogens with zero attached hydrogens (tertiary/aromatic N) is 4. The van der Waals surface area contributed by atoms with E-state index in [0.29, 0.717) is 35.0 Å². The maximum atomic E-state index is 12.2. The highest BCUT2D eigenvalue weighted by molar-refractivity contribution is 7.99. The molecule has 33 heavy (non-hydrogen) atoms. The van der Waals surface area contributed by atoms with Gasteiger partial charge in [-0.15, -0.1) is 10.2 Å². The van der Waals surface area contributed by atoms with Crippen molar-refractivity contribution < 1.29 is 14.3 Å². The maximum Gasteiger partial charge on any atom is 0.258 e. The van der Waals surface area contributed by atoms with Gasteiger partial charge in [0, 0.05) is 12.7 Å². The Kier molecular flexibility index (Phi) is 8.82. The minimum absolute atomic E-state index is 0.0867. The van der Waals surface area contributed by atoms with Gasteiger partial charge in [0.1, 0.15) is 11.6 Å². The molecule has 0 radical (unpaired) electrons. The molecule has 174 valence electrons. The normalized spacial score (nSPS) is 10.8. The number of thioether (sulfide) groups is 1. The Morgan fingerprint density at radius 3 is 2.55 bits per heavy atom. The summed E-state index contributed by atoms with van der Waals surface area (Å²) in [6, 6.07) is 13.0. The molecule has 9 nitrogen and oxygen atoms in total. The van der Waals surface area contributed by atoms with Gasteiger partial charge in [0.2, 0.25) is 5.91 Å². The first-order chi connectivity index (χ1) is 16.0. The van der Waals surface area contributed by atoms with E-state index >= 15 is 0 Å². The first kappa shape index (κ1) is 24.2. The van der Waals surface area contributed by atoms with Crippen LogP contribution in [-0.2, 0) is 22.7 Å². The van der Waals surface area contributed by atoms with Gasteiger partial charge in [-0.3, -0.25) is 9.59 Å². The molecule has 2 amide bonds. The first-order valence-electron chi connectivity index (χ1n) is 10.7. The summed E-state index contributed by atoms with van der Waals surface area (Å²) >= 11 is 1.28. The zero-order valence-electron chi connectivity index (χ0n) is 18.9. The summed E-state index contributed by atoms with van der Waals surface area (Å²) in [5.41, 5.74) is 1.22. The average molecular weight is 469 g/mol. The van der Waals surface area contributed by atoms with Crippen LogP contribution in [-0.4, -0.2) is 43.9 Å². The minimum atomic E-state index is -0.252. The Hall–Kier alpha value is -3.40. The summed E-state index contributed by atoms with van der Waals surface area (Å²) in [5, 5.41) is 14.5. The summed E-state index contributed by atoms with van der Waals surface area (Å²) in [6.45, 7) is 6.95. The number of amides is 2. The SMILES string of the molecule is CCn1c(CNC(=O)COc2ccc(C(C)C)cc2)nnc1SCC(=O)Nc1ccccn1. The van der Waals surface area contributed by atoms with Gasteiger partial charge < -0.3 is 19.9 Å². The van der Waals surface area contributed by atoms with Crippen LogP contribution < -0.4 is 15.4 Å². The topological polar surface area (TPSA) is 111 Å². The molecule has 3 aromatic rings. The van der Waals surface area contributed by atoms with E-state index in [-0.39, 0.29) is 30.7 Å². The zero-order valence-corrected chi connectivity index (χ0v) is 19.8. The molecule has 1 aromatic carbocycles. The van der Waals surface area contributed by atoms with E-state index in [9.17, 15) is 9.59 Å². The number of anilines is 1. The number of hydrogen-bond donors (Lipinski definition) is 2. The van der Waals surface area contributed by atoms with Crippen molar-refractivity contribution in [3.05, 3.63) is 60.0 Å². The van der Waals surface area contributed by atoms with Gasteiger partial charge in [0.15, 0.2) is 17.6 Å². The van der Waals surface area contributed by atoms with Crippen molar-refractivity contribution in [3.63, 3.8) is 0 Å². The number of hydrogen-bond acceptors (Lipinski definition) is 7. The largest absolute Gasteiger partial charge is 0.484 e. The zero-order chi connectivity index (χ0) is 23.6. The molecule has 3 rings (SSSR count). The van der Waals surface area contributed by atoms with E-state index in [2.05, 4.69) is 39.7 Å². The van der Waals surface area contributed by atoms with E-state index in [4.69, 9.17) is 4.74 Å². The number of carbonyl (C=O) groups is 2. The molecule has 0 atom stereocenters. The number of rotatable bonds is 11. The van der Waals surface area contributed by atoms with Crippen molar-refractivity contribution in [3.8, 4) is 5.75 Å². The van der Waals surface area contributed by atoms with Crippen molar-refractivity contribution >= 4 is 29.4 Å². The predicted octanol–water partition coefficient (Wildman–Crippen LogP) is 3.24. The standard InChI is InChI=1S/C23H28N6O3S/c1-4-29-20(13-25-21(30)14-32-18-10-8-17(9-11-18)16(2)3)27-28-23(29)33-15-22(31)26-19-7-5-6-12-24-19/h5-12,16H,4,13-15H2,1-3H3,(H,25,30)(H,24,26,31). The van der Waals surface area contributed by atoms with Crippen molar-refractivity contribution in [2.24, 2.45) is 0 Å². The smallest absolute Gasteiger partial charge is 0.258 e. The molecule has 2 heterocycles. The Balaban J connectivity index is 1.46. The van der Waals surface area contributed by atoms with Gasteiger partial charge >= 0.3 is 0 Å². The maximum absolute atomic E-state index is 12.2. The van der Waals surface area contributed by atoms with Crippen LogP contribution in [0.2, 0.25) is 0 Å². The molecular formula is C23H28N6O3S. The third-order valence-corrected chi connectivity index (χ3v) is 5.70. The molecule has 0 aliphatic heterocycles. The van der Waals surface area contributed by atoms with E-state index < -0.39 is 0 Å². The molecule has 0 bridgehead atoms. The Labute approximate surface area is 197 Å². The van der Waals surface area contributed by atoms with Crippen LogP contribution >= 0.6 is 11.8 Å². The van der Waals surface area contributed by atoms with Crippen molar-refractivity contribution in [2.45, 2.75) is 44.9 Å². The monoisotopic (exact) mass is 468 g/mol. The second-order valence-electron chi connectivity index (χ2n) is 7.48. The second-order valence-corrected chi connectivity index (χ2v) is 8.43. The Bertz CT molecular complexity index is 1050. The fraction of sp³-hybridized carbons (Fsp3) is 0.348. The molecule has 0 saturated heterocycles. The van der Waals surface area contributed by atoms with Crippen molar-refractivity contribution in [1.82, 2.24) is 25.1 Å². The Morgan fingerprint density at radius 2 is 1.88 bits per heavy atom. The second kappa shape index (κ2) is 12.0. The van der Waals surface area contributed by atoms with Gasteiger partial charge in [-0.25, -0.2) is 4.98 Å². The molecule has 0 spiro atoms. The summed E-state index contributed by atoms with van der Waals surface area (Å²) < 4.78 is 7.42. The predicted molar refractivity (Wildman–Crippen MR) is 127 cm³/mol. The molecule has 2 N–H and O–H groups in total. The molecule has 0 aliphatic rings. The molecule has 0 aliphatic carbocycles. The summed E-state index contributed by atoms with van der Waals surface area (Å²) in [4.78, 5) is 28.4. The lowest BCUT2D eigenvalue weighted by atomic mass is 10.0. The van der Waals surface area contributed by atoms with Crippen LogP contribution in [0.5, 0.6) is 5.75 Å². The fourth-order valence-electron chi connectivity index (χ4n) is 2.95. The number of ether oxygens (including phenoxy) is 1. The van der Waals surface area contributed by atoms with E-state index in [0.717, 1.165) is 0 Å². The minimum Gasteiger partial charge on any atom is -0.484 e. The van der Waals surface area contributed by atoms with Crippen LogP contribution in [0.3, 0.4) is 0 Å². The number of aromatic nitrogens is 4. The third-order valence-electron chi connectivity index (χ3n) is 4.73. The van der Waals surface area contributed by atoms with Crippen LogP contribution in [0, 0.1) is 0 Å². The summed E-state index contributed by atoms with van der Waals surface area (Å²) in [5.74, 6) is 1.94. The highest BCUT2D eigenvalue weighted by Gasteiger charge is 2.14. The fourth-order valence-corrected chi connectivity index (χ4v) is 3.77. The van der Waals surface area contributed by atoms with Gasteiger partial charge in [-0.2, -0.15) is 0 Å². The van der Waals surface area contributed by atoms with Crippen molar-refractivity contribution in [1.29, 1.82) is 0 Å². The number of carbonyl (C=O) groups excluding carboxylic acids is 2. The lowest BCUT2D eigenvalue weighted by Gasteiger charge is -2.10. The molecule has 10 heteroatoms. The van der Waals surface area contributed by atoms with Gasteiger partial charge in [0.05, 0.1) is 12.3 Å². The lowest BCUT2D eigenvalue weighted by molar-refractivity contribution is -0.123. The van der Waals surface area contributed by atoms with Crippen molar-refractivity contribution in [2.75, 3.05) is 17.7 Å². The molecular weight excluding hydrogens is 440 g/mol. The molecule has 0 saturated carbocycles. The molecule has 0 fully saturated rings. The molecule has 2 aromatic heterocycles.